The van der Waals surface area contributed by atoms with E-state index in [1.54, 1.807) is 0 Å². The van der Waals surface area contributed by atoms with Gasteiger partial charge in [0.05, 0.1) is 18.2 Å². The molecule has 0 radical (unpaired) electrons. The van der Waals surface area contributed by atoms with Gasteiger partial charge >= 0.3 is 0 Å². The van der Waals surface area contributed by atoms with E-state index in [4.69, 9.17) is 4.74 Å². The van der Waals surface area contributed by atoms with Crippen LogP contribution in [0.25, 0.3) is 0 Å². The molecule has 1 aromatic rings. The molecule has 3 aliphatic rings. The van der Waals surface area contributed by atoms with Crippen LogP contribution in [0.4, 0.5) is 0 Å². The molecule has 2 unspecified atom stereocenters. The van der Waals surface area contributed by atoms with Crippen molar-refractivity contribution in [3.63, 3.8) is 0 Å². The average molecular weight is 243 g/mol. The molecule has 1 amide bonds. The van der Waals surface area contributed by atoms with Crippen LogP contribution in [0.5, 0.6) is 0 Å². The van der Waals surface area contributed by atoms with Crippen LogP contribution in [-0.4, -0.2) is 30.1 Å². The molecule has 3 heteroatoms. The van der Waals surface area contributed by atoms with Gasteiger partial charge in [-0.15, -0.1) is 0 Å². The molecule has 18 heavy (non-hydrogen) atoms. The van der Waals surface area contributed by atoms with E-state index in [1.807, 2.05) is 18.2 Å². The van der Waals surface area contributed by atoms with Crippen molar-refractivity contribution in [2.24, 2.45) is 0 Å². The second-order valence-electron chi connectivity index (χ2n) is 5.53. The first kappa shape index (κ1) is 10.6. The summed E-state index contributed by atoms with van der Waals surface area (Å²) in [5, 5.41) is 0. The first-order valence-corrected chi connectivity index (χ1v) is 6.87. The monoisotopic (exact) mass is 243 g/mol. The molecular formula is C15H17NO2. The zero-order valence-corrected chi connectivity index (χ0v) is 10.4. The molecule has 1 saturated carbocycles. The van der Waals surface area contributed by atoms with Crippen molar-refractivity contribution in [3.8, 4) is 0 Å². The summed E-state index contributed by atoms with van der Waals surface area (Å²) in [6.07, 6.45) is 4.75. The third kappa shape index (κ3) is 1.11. The van der Waals surface area contributed by atoms with E-state index in [1.165, 1.54) is 18.4 Å². The third-order valence-electron chi connectivity index (χ3n) is 4.79. The molecule has 1 aliphatic carbocycles. The Morgan fingerprint density at radius 2 is 2.17 bits per heavy atom. The van der Waals surface area contributed by atoms with Gasteiger partial charge in [0.15, 0.2) is 0 Å². The SMILES string of the molecule is O=C1c2ccccc2C23CCCCC2OCCN13. The molecule has 0 N–H and O–H groups in total. The van der Waals surface area contributed by atoms with Crippen molar-refractivity contribution < 1.29 is 9.53 Å². The molecule has 4 rings (SSSR count). The number of benzene rings is 1. The topological polar surface area (TPSA) is 29.5 Å². The highest BCUT2D eigenvalue weighted by Gasteiger charge is 2.56. The molecule has 3 nitrogen and oxygen atoms in total. The number of carbonyl (C=O) groups excluding carboxylic acids is 1. The van der Waals surface area contributed by atoms with Gasteiger partial charge in [0.1, 0.15) is 0 Å². The number of hydrogen-bond acceptors (Lipinski definition) is 2. The molecule has 2 heterocycles. The van der Waals surface area contributed by atoms with Crippen molar-refractivity contribution in [1.29, 1.82) is 0 Å². The van der Waals surface area contributed by atoms with Crippen LogP contribution >= 0.6 is 0 Å². The van der Waals surface area contributed by atoms with Crippen LogP contribution in [0.1, 0.15) is 41.6 Å². The molecule has 2 aliphatic heterocycles. The van der Waals surface area contributed by atoms with Crippen LogP contribution in [0, 0.1) is 0 Å². The molecule has 0 bridgehead atoms. The van der Waals surface area contributed by atoms with E-state index in [0.29, 0.717) is 6.61 Å². The molecule has 0 aromatic heterocycles. The van der Waals surface area contributed by atoms with Crippen molar-refractivity contribution in [1.82, 2.24) is 4.90 Å². The van der Waals surface area contributed by atoms with Crippen LogP contribution in [-0.2, 0) is 10.3 Å². The highest BCUT2D eigenvalue weighted by Crippen LogP contribution is 2.51. The summed E-state index contributed by atoms with van der Waals surface area (Å²) < 4.78 is 6.00. The van der Waals surface area contributed by atoms with Crippen LogP contribution in [0.3, 0.4) is 0 Å². The second kappa shape index (κ2) is 3.58. The van der Waals surface area contributed by atoms with Gasteiger partial charge in [-0.1, -0.05) is 31.0 Å². The van der Waals surface area contributed by atoms with Gasteiger partial charge in [0, 0.05) is 12.1 Å². The zero-order chi connectivity index (χ0) is 12.2. The Bertz CT molecular complexity index is 511. The minimum absolute atomic E-state index is 0.149. The van der Waals surface area contributed by atoms with Crippen LogP contribution in [0.2, 0.25) is 0 Å². The zero-order valence-electron chi connectivity index (χ0n) is 10.4. The number of morpholine rings is 1. The van der Waals surface area contributed by atoms with Crippen molar-refractivity contribution in [3.05, 3.63) is 35.4 Å². The Balaban J connectivity index is 1.94. The van der Waals surface area contributed by atoms with Crippen molar-refractivity contribution in [2.45, 2.75) is 37.3 Å². The maximum Gasteiger partial charge on any atom is 0.255 e. The average Bonchev–Trinajstić information content (AvgIpc) is 2.69. The molecule has 1 aromatic carbocycles. The molecule has 2 fully saturated rings. The quantitative estimate of drug-likeness (QED) is 0.700. The fourth-order valence-electron chi connectivity index (χ4n) is 4.07. The summed E-state index contributed by atoms with van der Waals surface area (Å²) in [6, 6.07) is 8.10. The number of carbonyl (C=O) groups is 1. The fraction of sp³-hybridized carbons (Fsp3) is 0.533. The molecule has 1 saturated heterocycles. The van der Waals surface area contributed by atoms with Crippen molar-refractivity contribution >= 4 is 5.91 Å². The number of nitrogens with zero attached hydrogens (tertiary/aromatic N) is 1. The lowest BCUT2D eigenvalue weighted by Crippen LogP contribution is -2.59. The van der Waals surface area contributed by atoms with E-state index in [9.17, 15) is 4.79 Å². The fourth-order valence-corrected chi connectivity index (χ4v) is 4.07. The second-order valence-corrected chi connectivity index (χ2v) is 5.53. The summed E-state index contributed by atoms with van der Waals surface area (Å²) >= 11 is 0. The first-order valence-electron chi connectivity index (χ1n) is 6.87. The summed E-state index contributed by atoms with van der Waals surface area (Å²) in [7, 11) is 0. The number of ether oxygens (including phenoxy) is 1. The van der Waals surface area contributed by atoms with Crippen LogP contribution in [0.15, 0.2) is 24.3 Å². The molecule has 94 valence electrons. The third-order valence-corrected chi connectivity index (χ3v) is 4.79. The Kier molecular flexibility index (Phi) is 2.10. The lowest BCUT2D eigenvalue weighted by Gasteiger charge is -2.50. The number of hydrogen-bond donors (Lipinski definition) is 0. The van der Waals surface area contributed by atoms with Crippen LogP contribution < -0.4 is 0 Å². The predicted molar refractivity (Wildman–Crippen MR) is 67.4 cm³/mol. The van der Waals surface area contributed by atoms with Gasteiger partial charge in [-0.2, -0.15) is 0 Å². The largest absolute Gasteiger partial charge is 0.374 e. The minimum atomic E-state index is -0.149. The van der Waals surface area contributed by atoms with E-state index in [2.05, 4.69) is 11.0 Å². The Hall–Kier alpha value is -1.35. The van der Waals surface area contributed by atoms with E-state index >= 15 is 0 Å². The maximum atomic E-state index is 12.6. The highest BCUT2D eigenvalue weighted by atomic mass is 16.5. The van der Waals surface area contributed by atoms with E-state index in [-0.39, 0.29) is 17.6 Å². The first-order chi connectivity index (χ1) is 8.84. The Morgan fingerprint density at radius 1 is 1.28 bits per heavy atom. The lowest BCUT2D eigenvalue weighted by molar-refractivity contribution is -0.128. The summed E-state index contributed by atoms with van der Waals surface area (Å²) in [6.45, 7) is 1.43. The molecule has 2 atom stereocenters. The normalized spacial score (nSPS) is 33.9. The van der Waals surface area contributed by atoms with E-state index in [0.717, 1.165) is 24.9 Å². The van der Waals surface area contributed by atoms with E-state index < -0.39 is 0 Å². The van der Waals surface area contributed by atoms with Gasteiger partial charge in [-0.3, -0.25) is 4.79 Å². The van der Waals surface area contributed by atoms with Gasteiger partial charge in [-0.05, 0) is 24.5 Å². The summed E-state index contributed by atoms with van der Waals surface area (Å²) in [5.41, 5.74) is 1.96. The number of fused-ring (bicyclic) bond motifs is 1. The predicted octanol–water partition coefficient (Wildman–Crippen LogP) is 2.31. The number of amides is 1. The van der Waals surface area contributed by atoms with Gasteiger partial charge in [0.25, 0.3) is 5.91 Å². The van der Waals surface area contributed by atoms with Gasteiger partial charge in [-0.25, -0.2) is 0 Å². The summed E-state index contributed by atoms with van der Waals surface area (Å²) in [4.78, 5) is 14.6. The van der Waals surface area contributed by atoms with Crippen molar-refractivity contribution in [2.75, 3.05) is 13.2 Å². The standard InChI is InChI=1S/C15H17NO2/c17-14-11-5-1-2-6-12(11)15-8-4-3-7-13(15)18-10-9-16(14)15/h1-2,5-6,13H,3-4,7-10H2. The Labute approximate surface area is 107 Å². The maximum absolute atomic E-state index is 12.6. The summed E-state index contributed by atoms with van der Waals surface area (Å²) in [5.74, 6) is 0.209. The Morgan fingerprint density at radius 3 is 3.11 bits per heavy atom. The van der Waals surface area contributed by atoms with Gasteiger partial charge in [0.2, 0.25) is 0 Å². The minimum Gasteiger partial charge on any atom is -0.374 e. The smallest absolute Gasteiger partial charge is 0.255 e. The lowest BCUT2D eigenvalue weighted by atomic mass is 9.73. The molecular weight excluding hydrogens is 226 g/mol. The number of rotatable bonds is 0. The highest BCUT2D eigenvalue weighted by molar-refractivity contribution is 6.00. The van der Waals surface area contributed by atoms with Gasteiger partial charge < -0.3 is 9.64 Å². The molecule has 1 spiro atoms.